The van der Waals surface area contributed by atoms with Crippen LogP contribution in [0.4, 0.5) is 5.69 Å². The summed E-state index contributed by atoms with van der Waals surface area (Å²) in [5, 5.41) is 13.9. The van der Waals surface area contributed by atoms with Crippen LogP contribution in [-0.2, 0) is 11.2 Å². The molecule has 2 aromatic carbocycles. The molecule has 0 unspecified atom stereocenters. The fraction of sp³-hybridized carbons (Fsp3) is 0.350. The lowest BCUT2D eigenvalue weighted by molar-refractivity contribution is -0.384. The average Bonchev–Trinajstić information content (AvgIpc) is 2.65. The normalized spacial score (nSPS) is 13.0. The molecular formula is C20H24N2O3S. The van der Waals surface area contributed by atoms with Gasteiger partial charge in [-0.3, -0.25) is 14.9 Å². The van der Waals surface area contributed by atoms with Gasteiger partial charge in [-0.1, -0.05) is 42.5 Å². The summed E-state index contributed by atoms with van der Waals surface area (Å²) >= 11 is 1.48. The molecule has 0 radical (unpaired) electrons. The number of amides is 1. The monoisotopic (exact) mass is 372 g/mol. The Kier molecular flexibility index (Phi) is 7.66. The Bertz CT molecular complexity index is 737. The van der Waals surface area contributed by atoms with E-state index in [4.69, 9.17) is 0 Å². The van der Waals surface area contributed by atoms with Crippen LogP contribution >= 0.6 is 11.8 Å². The molecular weight excluding hydrogens is 348 g/mol. The van der Waals surface area contributed by atoms with E-state index < -0.39 is 4.92 Å². The first-order valence-electron chi connectivity index (χ1n) is 8.65. The Morgan fingerprint density at radius 1 is 1.15 bits per heavy atom. The van der Waals surface area contributed by atoms with Gasteiger partial charge in [-0.15, -0.1) is 11.8 Å². The third kappa shape index (κ3) is 6.52. The third-order valence-electron chi connectivity index (χ3n) is 4.13. The summed E-state index contributed by atoms with van der Waals surface area (Å²) in [7, 11) is 0. The SMILES string of the molecule is C[C@H](SCC(=O)N[C@@H](C)CCc1ccccc1)c1cccc([N+](=O)[O-])c1. The fourth-order valence-corrected chi connectivity index (χ4v) is 3.43. The topological polar surface area (TPSA) is 72.2 Å². The highest BCUT2D eigenvalue weighted by Gasteiger charge is 2.14. The van der Waals surface area contributed by atoms with Gasteiger partial charge in [0.15, 0.2) is 0 Å². The van der Waals surface area contributed by atoms with Crippen LogP contribution in [0.1, 0.15) is 36.6 Å². The highest BCUT2D eigenvalue weighted by atomic mass is 32.2. The minimum Gasteiger partial charge on any atom is -0.353 e. The highest BCUT2D eigenvalue weighted by molar-refractivity contribution is 8.00. The number of non-ortho nitro benzene ring substituents is 1. The van der Waals surface area contributed by atoms with Crippen molar-refractivity contribution in [3.05, 3.63) is 75.8 Å². The summed E-state index contributed by atoms with van der Waals surface area (Å²) in [6.45, 7) is 3.96. The molecule has 0 spiro atoms. The molecule has 0 aliphatic heterocycles. The number of nitrogens with zero attached hydrogens (tertiary/aromatic N) is 1. The van der Waals surface area contributed by atoms with Crippen molar-refractivity contribution in [2.24, 2.45) is 0 Å². The van der Waals surface area contributed by atoms with Crippen LogP contribution in [0.25, 0.3) is 0 Å². The van der Waals surface area contributed by atoms with Crippen molar-refractivity contribution in [2.75, 3.05) is 5.75 Å². The third-order valence-corrected chi connectivity index (χ3v) is 5.33. The highest BCUT2D eigenvalue weighted by Crippen LogP contribution is 2.29. The van der Waals surface area contributed by atoms with E-state index in [1.165, 1.54) is 23.4 Å². The zero-order chi connectivity index (χ0) is 18.9. The molecule has 0 bridgehead atoms. The number of rotatable bonds is 9. The van der Waals surface area contributed by atoms with Gasteiger partial charge >= 0.3 is 0 Å². The number of carbonyl (C=O) groups is 1. The van der Waals surface area contributed by atoms with Crippen molar-refractivity contribution in [1.29, 1.82) is 0 Å². The lowest BCUT2D eigenvalue weighted by Crippen LogP contribution is -2.34. The molecule has 0 fully saturated rings. The Hall–Kier alpha value is -2.34. The van der Waals surface area contributed by atoms with Gasteiger partial charge in [0, 0.05) is 23.4 Å². The molecule has 0 aliphatic rings. The van der Waals surface area contributed by atoms with Crippen LogP contribution in [0.15, 0.2) is 54.6 Å². The van der Waals surface area contributed by atoms with Crippen LogP contribution < -0.4 is 5.32 Å². The van der Waals surface area contributed by atoms with Gasteiger partial charge < -0.3 is 5.32 Å². The molecule has 0 saturated heterocycles. The van der Waals surface area contributed by atoms with Gasteiger partial charge in [0.2, 0.25) is 5.91 Å². The molecule has 2 aromatic rings. The Morgan fingerprint density at radius 2 is 1.88 bits per heavy atom. The molecule has 0 aliphatic carbocycles. The van der Waals surface area contributed by atoms with Gasteiger partial charge in [-0.05, 0) is 37.8 Å². The van der Waals surface area contributed by atoms with Crippen molar-refractivity contribution in [2.45, 2.75) is 38.0 Å². The van der Waals surface area contributed by atoms with Crippen LogP contribution in [-0.4, -0.2) is 22.6 Å². The van der Waals surface area contributed by atoms with E-state index in [2.05, 4.69) is 17.4 Å². The summed E-state index contributed by atoms with van der Waals surface area (Å²) in [6.07, 6.45) is 1.82. The number of nitrogens with one attached hydrogen (secondary N) is 1. The predicted molar refractivity (Wildman–Crippen MR) is 106 cm³/mol. The zero-order valence-corrected chi connectivity index (χ0v) is 15.9. The van der Waals surface area contributed by atoms with Crippen LogP contribution in [0.2, 0.25) is 0 Å². The summed E-state index contributed by atoms with van der Waals surface area (Å²) in [5.74, 6) is 0.326. The van der Waals surface area contributed by atoms with Crippen molar-refractivity contribution in [3.8, 4) is 0 Å². The molecule has 2 atom stereocenters. The first kappa shape index (κ1) is 20.0. The number of hydrogen-bond acceptors (Lipinski definition) is 4. The average molecular weight is 372 g/mol. The second-order valence-corrected chi connectivity index (χ2v) is 7.63. The number of thioether (sulfide) groups is 1. The molecule has 1 N–H and O–H groups in total. The minimum absolute atomic E-state index is 0.00663. The fourth-order valence-electron chi connectivity index (χ4n) is 2.60. The molecule has 0 aromatic heterocycles. The zero-order valence-electron chi connectivity index (χ0n) is 15.1. The number of nitro benzene ring substituents is 1. The summed E-state index contributed by atoms with van der Waals surface area (Å²) in [4.78, 5) is 22.6. The van der Waals surface area contributed by atoms with E-state index in [1.807, 2.05) is 38.1 Å². The standard InChI is InChI=1S/C20H24N2O3S/c1-15(11-12-17-7-4-3-5-8-17)21-20(23)14-26-16(2)18-9-6-10-19(13-18)22(24)25/h3-10,13,15-16H,11-12,14H2,1-2H3,(H,21,23)/t15-,16-/m0/s1. The first-order chi connectivity index (χ1) is 12.5. The number of nitro groups is 1. The van der Waals surface area contributed by atoms with Gasteiger partial charge in [-0.25, -0.2) is 0 Å². The molecule has 1 amide bonds. The lowest BCUT2D eigenvalue weighted by Gasteiger charge is -2.15. The number of benzene rings is 2. The molecule has 5 nitrogen and oxygen atoms in total. The maximum atomic E-state index is 12.1. The van der Waals surface area contributed by atoms with E-state index in [-0.39, 0.29) is 22.9 Å². The lowest BCUT2D eigenvalue weighted by atomic mass is 10.1. The Balaban J connectivity index is 1.75. The molecule has 138 valence electrons. The van der Waals surface area contributed by atoms with Crippen LogP contribution in [0, 0.1) is 10.1 Å². The smallest absolute Gasteiger partial charge is 0.269 e. The second kappa shape index (κ2) is 9.97. The second-order valence-electron chi connectivity index (χ2n) is 6.30. The molecule has 0 saturated carbocycles. The number of hydrogen-bond donors (Lipinski definition) is 1. The van der Waals surface area contributed by atoms with E-state index in [0.717, 1.165) is 18.4 Å². The first-order valence-corrected chi connectivity index (χ1v) is 9.70. The molecule has 26 heavy (non-hydrogen) atoms. The van der Waals surface area contributed by atoms with Crippen LogP contribution in [0.5, 0.6) is 0 Å². The van der Waals surface area contributed by atoms with E-state index in [0.29, 0.717) is 5.75 Å². The molecule has 2 rings (SSSR count). The largest absolute Gasteiger partial charge is 0.353 e. The van der Waals surface area contributed by atoms with Gasteiger partial charge in [-0.2, -0.15) is 0 Å². The van der Waals surface area contributed by atoms with E-state index >= 15 is 0 Å². The minimum atomic E-state index is -0.401. The van der Waals surface area contributed by atoms with Gasteiger partial charge in [0.1, 0.15) is 0 Å². The Morgan fingerprint density at radius 3 is 2.58 bits per heavy atom. The van der Waals surface area contributed by atoms with Crippen molar-refractivity contribution in [3.63, 3.8) is 0 Å². The number of aryl methyl sites for hydroxylation is 1. The quantitative estimate of drug-likeness (QED) is 0.519. The van der Waals surface area contributed by atoms with Crippen molar-refractivity contribution in [1.82, 2.24) is 5.32 Å². The van der Waals surface area contributed by atoms with Crippen LogP contribution in [0.3, 0.4) is 0 Å². The Labute approximate surface area is 158 Å². The van der Waals surface area contributed by atoms with Crippen molar-refractivity contribution < 1.29 is 9.72 Å². The van der Waals surface area contributed by atoms with Gasteiger partial charge in [0.25, 0.3) is 5.69 Å². The van der Waals surface area contributed by atoms with Gasteiger partial charge in [0.05, 0.1) is 10.7 Å². The maximum absolute atomic E-state index is 12.1. The summed E-state index contributed by atoms with van der Waals surface area (Å²) < 4.78 is 0. The summed E-state index contributed by atoms with van der Waals surface area (Å²) in [6, 6.07) is 16.9. The molecule has 0 heterocycles. The number of carbonyl (C=O) groups excluding carboxylic acids is 1. The maximum Gasteiger partial charge on any atom is 0.269 e. The van der Waals surface area contributed by atoms with E-state index in [9.17, 15) is 14.9 Å². The van der Waals surface area contributed by atoms with Crippen molar-refractivity contribution >= 4 is 23.4 Å². The molecule has 6 heteroatoms. The summed E-state index contributed by atoms with van der Waals surface area (Å²) in [5.41, 5.74) is 2.20. The predicted octanol–water partition coefficient (Wildman–Crippen LogP) is 4.53. The van der Waals surface area contributed by atoms with E-state index in [1.54, 1.807) is 12.1 Å².